The van der Waals surface area contributed by atoms with E-state index in [-0.39, 0.29) is 0 Å². The molecule has 0 fully saturated rings. The molecule has 0 aliphatic rings. The Labute approximate surface area is 79.9 Å². The second-order valence-electron chi connectivity index (χ2n) is 2.58. The molecule has 0 aromatic heterocycles. The van der Waals surface area contributed by atoms with Crippen molar-refractivity contribution in [3.05, 3.63) is 35.4 Å². The summed E-state index contributed by atoms with van der Waals surface area (Å²) in [5, 5.41) is 0.864. The fourth-order valence-corrected chi connectivity index (χ4v) is 2.60. The van der Waals surface area contributed by atoms with Crippen LogP contribution in [-0.2, 0) is 5.28 Å². The van der Waals surface area contributed by atoms with Gasteiger partial charge in [0.1, 0.15) is 0 Å². The highest BCUT2D eigenvalue weighted by Gasteiger charge is 2.10. The predicted molar refractivity (Wildman–Crippen MR) is 52.3 cm³/mol. The van der Waals surface area contributed by atoms with Gasteiger partial charge in [-0.05, 0) is 12.2 Å². The predicted octanol–water partition coefficient (Wildman–Crippen LogP) is 3.04. The van der Waals surface area contributed by atoms with Crippen molar-refractivity contribution < 1.29 is 0 Å². The Bertz CT molecular complexity index is 218. The quantitative estimate of drug-likeness (QED) is 0.648. The number of aryl methyl sites for hydroxylation is 1. The van der Waals surface area contributed by atoms with Gasteiger partial charge in [0.25, 0.3) is 0 Å². The van der Waals surface area contributed by atoms with Gasteiger partial charge in [0.05, 0.1) is 0 Å². The summed E-state index contributed by atoms with van der Waals surface area (Å²) in [6.45, 7) is 2.07. The molecule has 0 heterocycles. The second-order valence-corrected chi connectivity index (χ2v) is 7.60. The fourth-order valence-electron chi connectivity index (χ4n) is 0.902. The Hall–Kier alpha value is 0.332. The molecule has 0 spiro atoms. The van der Waals surface area contributed by atoms with Gasteiger partial charge in [-0.15, -0.1) is 0 Å². The maximum atomic E-state index is 5.76. The Morgan fingerprint density at radius 3 is 2.18 bits per heavy atom. The molecular formula is C8H9AlCl2. The second kappa shape index (κ2) is 4.38. The van der Waals surface area contributed by atoms with Crippen molar-refractivity contribution in [1.82, 2.24) is 0 Å². The minimum Gasteiger partial charge on any atom is -0.233 e. The normalized spacial score (nSPS) is 9.73. The summed E-state index contributed by atoms with van der Waals surface area (Å²) in [4.78, 5) is 0. The first-order valence-electron chi connectivity index (χ1n) is 3.52. The molecule has 58 valence electrons. The van der Waals surface area contributed by atoms with Crippen molar-refractivity contribution in [2.24, 2.45) is 0 Å². The van der Waals surface area contributed by atoms with Crippen LogP contribution in [0.5, 0.6) is 0 Å². The third kappa shape index (κ3) is 3.49. The zero-order chi connectivity index (χ0) is 8.27. The molecule has 1 rings (SSSR count). The molecule has 0 atom stereocenters. The van der Waals surface area contributed by atoms with E-state index in [4.69, 9.17) is 20.1 Å². The molecule has 0 bridgehead atoms. The lowest BCUT2D eigenvalue weighted by Crippen LogP contribution is -1.98. The summed E-state index contributed by atoms with van der Waals surface area (Å²) in [5.41, 5.74) is 2.52. The average molecular weight is 203 g/mol. The molecule has 0 saturated heterocycles. The van der Waals surface area contributed by atoms with Crippen LogP contribution in [0.4, 0.5) is 0 Å². The maximum Gasteiger partial charge on any atom is 0.523 e. The van der Waals surface area contributed by atoms with Crippen LogP contribution in [0, 0.1) is 6.92 Å². The van der Waals surface area contributed by atoms with E-state index in [1.54, 1.807) is 0 Å². The van der Waals surface area contributed by atoms with E-state index in [1.165, 1.54) is 11.1 Å². The molecule has 0 unspecified atom stereocenters. The molecule has 0 saturated carbocycles. The van der Waals surface area contributed by atoms with E-state index in [9.17, 15) is 0 Å². The van der Waals surface area contributed by atoms with Crippen molar-refractivity contribution in [3.63, 3.8) is 0 Å². The van der Waals surface area contributed by atoms with Crippen molar-refractivity contribution in [1.29, 1.82) is 0 Å². The third-order valence-corrected chi connectivity index (χ3v) is 3.22. The molecule has 0 nitrogen and oxygen atoms in total. The van der Waals surface area contributed by atoms with E-state index >= 15 is 0 Å². The van der Waals surface area contributed by atoms with Gasteiger partial charge in [-0.25, -0.2) is 20.1 Å². The van der Waals surface area contributed by atoms with Crippen LogP contribution in [0.15, 0.2) is 24.3 Å². The third-order valence-electron chi connectivity index (χ3n) is 1.51. The highest BCUT2D eigenvalue weighted by molar-refractivity contribution is 7.33. The molecule has 0 radical (unpaired) electrons. The molecular weight excluding hydrogens is 194 g/mol. The molecule has 1 aromatic carbocycles. The smallest absolute Gasteiger partial charge is 0.233 e. The Kier molecular flexibility index (Phi) is 3.75. The first-order valence-corrected chi connectivity index (χ1v) is 7.83. The summed E-state index contributed by atoms with van der Waals surface area (Å²) in [6, 6.07) is 8.33. The van der Waals surface area contributed by atoms with E-state index in [0.29, 0.717) is 0 Å². The zero-order valence-corrected chi connectivity index (χ0v) is 9.02. The standard InChI is InChI=1S/C8H9.Al.2ClH/c1-7-3-5-8(2)6-4-7;;;/h3-6H,1H2,2H3;;2*1H/q;+2;;/p-2. The molecule has 0 amide bonds. The number of benzene rings is 1. The largest absolute Gasteiger partial charge is 0.523 e. The maximum absolute atomic E-state index is 5.76. The molecule has 1 aromatic rings. The summed E-state index contributed by atoms with van der Waals surface area (Å²) >= 11 is -1.47. The van der Waals surface area contributed by atoms with Crippen LogP contribution in [-0.4, -0.2) is 12.3 Å². The van der Waals surface area contributed by atoms with Gasteiger partial charge in [0, 0.05) is 0 Å². The molecule has 3 heteroatoms. The minimum atomic E-state index is -1.47. The van der Waals surface area contributed by atoms with Crippen LogP contribution in [0.2, 0.25) is 0 Å². The van der Waals surface area contributed by atoms with Gasteiger partial charge in [0.2, 0.25) is 0 Å². The molecule has 0 N–H and O–H groups in total. The van der Waals surface area contributed by atoms with Crippen LogP contribution < -0.4 is 0 Å². The van der Waals surface area contributed by atoms with E-state index in [2.05, 4.69) is 31.2 Å². The first kappa shape index (κ1) is 9.42. The topological polar surface area (TPSA) is 0 Å². The lowest BCUT2D eigenvalue weighted by Gasteiger charge is -1.98. The molecule has 11 heavy (non-hydrogen) atoms. The van der Waals surface area contributed by atoms with Gasteiger partial charge >= 0.3 is 12.3 Å². The number of rotatable bonds is 2. The minimum absolute atomic E-state index is 0.864. The highest BCUT2D eigenvalue weighted by atomic mass is 35.7. The lowest BCUT2D eigenvalue weighted by molar-refractivity contribution is 1.35. The number of hydrogen-bond donors (Lipinski definition) is 0. The van der Waals surface area contributed by atoms with Gasteiger partial charge in [-0.1, -0.05) is 35.4 Å². The van der Waals surface area contributed by atoms with Crippen molar-refractivity contribution in [3.8, 4) is 0 Å². The van der Waals surface area contributed by atoms with E-state index in [1.807, 2.05) is 0 Å². The van der Waals surface area contributed by atoms with Gasteiger partial charge in [0.15, 0.2) is 0 Å². The first-order chi connectivity index (χ1) is 5.18. The summed E-state index contributed by atoms with van der Waals surface area (Å²) in [6.07, 6.45) is 0. The highest BCUT2D eigenvalue weighted by Crippen LogP contribution is 2.08. The van der Waals surface area contributed by atoms with Gasteiger partial charge < -0.3 is 0 Å². The van der Waals surface area contributed by atoms with Crippen molar-refractivity contribution >= 4 is 32.4 Å². The average Bonchev–Trinajstić information content (AvgIpc) is 1.93. The number of halogens is 2. The fraction of sp³-hybridized carbons (Fsp3) is 0.250. The van der Waals surface area contributed by atoms with Crippen LogP contribution in [0.25, 0.3) is 0 Å². The van der Waals surface area contributed by atoms with E-state index in [0.717, 1.165) is 5.28 Å². The SMILES string of the molecule is Cc1ccc([CH2][Al]([Cl])[Cl])cc1. The lowest BCUT2D eigenvalue weighted by atomic mass is 10.2. The monoisotopic (exact) mass is 202 g/mol. The van der Waals surface area contributed by atoms with Gasteiger partial charge in [-0.2, -0.15) is 0 Å². The Morgan fingerprint density at radius 1 is 1.18 bits per heavy atom. The zero-order valence-electron chi connectivity index (χ0n) is 6.35. The van der Waals surface area contributed by atoms with Crippen molar-refractivity contribution in [2.75, 3.05) is 0 Å². The van der Waals surface area contributed by atoms with Gasteiger partial charge in [-0.3, -0.25) is 0 Å². The summed E-state index contributed by atoms with van der Waals surface area (Å²) in [7, 11) is 11.5. The Balaban J connectivity index is 2.66. The van der Waals surface area contributed by atoms with Crippen LogP contribution in [0.1, 0.15) is 11.1 Å². The number of hydrogen-bond acceptors (Lipinski definition) is 0. The van der Waals surface area contributed by atoms with Crippen molar-refractivity contribution in [2.45, 2.75) is 12.2 Å². The van der Waals surface area contributed by atoms with E-state index < -0.39 is 12.3 Å². The summed E-state index contributed by atoms with van der Waals surface area (Å²) < 4.78 is 0. The summed E-state index contributed by atoms with van der Waals surface area (Å²) in [5.74, 6) is 0. The Morgan fingerprint density at radius 2 is 1.73 bits per heavy atom. The van der Waals surface area contributed by atoms with Crippen LogP contribution in [0.3, 0.4) is 0 Å². The molecule has 0 aliphatic heterocycles. The molecule has 0 aliphatic carbocycles. The van der Waals surface area contributed by atoms with Crippen LogP contribution >= 0.6 is 20.1 Å².